The molecule has 0 aromatic carbocycles. The molecule has 2 unspecified atom stereocenters. The van der Waals surface area contributed by atoms with Gasteiger partial charge in [0.2, 0.25) is 0 Å². The number of hydrogen-bond donors (Lipinski definition) is 1. The van der Waals surface area contributed by atoms with E-state index in [1.807, 2.05) is 14.2 Å². The van der Waals surface area contributed by atoms with E-state index in [-0.39, 0.29) is 0 Å². The smallest absolute Gasteiger partial charge is 0.0743 e. The highest BCUT2D eigenvalue weighted by atomic mass is 16.5. The summed E-state index contributed by atoms with van der Waals surface area (Å²) in [5.74, 6) is 1.44. The molecule has 3 heteroatoms. The number of piperidine rings is 1. The summed E-state index contributed by atoms with van der Waals surface area (Å²) < 4.78 is 5.52. The van der Waals surface area contributed by atoms with Crippen LogP contribution in [0.15, 0.2) is 0 Å². The van der Waals surface area contributed by atoms with Gasteiger partial charge in [-0.15, -0.1) is 0 Å². The minimum absolute atomic E-state index is 0.390. The van der Waals surface area contributed by atoms with Crippen LogP contribution in [-0.4, -0.2) is 38.4 Å². The van der Waals surface area contributed by atoms with Crippen LogP contribution in [0.5, 0.6) is 0 Å². The highest BCUT2D eigenvalue weighted by Crippen LogP contribution is 2.25. The molecular weight excluding hydrogens is 164 g/mol. The van der Waals surface area contributed by atoms with Gasteiger partial charge in [-0.3, -0.25) is 5.43 Å². The Morgan fingerprint density at radius 3 is 2.62 bits per heavy atom. The minimum Gasteiger partial charge on any atom is -0.380 e. The fourth-order valence-electron chi connectivity index (χ4n) is 2.15. The fourth-order valence-corrected chi connectivity index (χ4v) is 2.15. The molecule has 0 amide bonds. The topological polar surface area (TPSA) is 24.5 Å². The maximum Gasteiger partial charge on any atom is 0.0743 e. The molecule has 2 atom stereocenters. The van der Waals surface area contributed by atoms with Crippen LogP contribution in [-0.2, 0) is 4.74 Å². The molecule has 1 fully saturated rings. The van der Waals surface area contributed by atoms with Crippen molar-refractivity contribution in [2.45, 2.75) is 26.4 Å². The summed E-state index contributed by atoms with van der Waals surface area (Å²) in [4.78, 5) is 0. The first kappa shape index (κ1) is 11.0. The van der Waals surface area contributed by atoms with Crippen LogP contribution < -0.4 is 5.43 Å². The van der Waals surface area contributed by atoms with Crippen LogP contribution in [0.1, 0.15) is 20.3 Å². The Morgan fingerprint density at radius 2 is 2.15 bits per heavy atom. The van der Waals surface area contributed by atoms with Gasteiger partial charge in [-0.1, -0.05) is 13.8 Å². The van der Waals surface area contributed by atoms with Crippen LogP contribution in [0, 0.1) is 11.8 Å². The lowest BCUT2D eigenvalue weighted by molar-refractivity contribution is -0.0395. The summed E-state index contributed by atoms with van der Waals surface area (Å²) in [5.41, 5.74) is 3.18. The van der Waals surface area contributed by atoms with Crippen molar-refractivity contribution in [3.63, 3.8) is 0 Å². The molecule has 3 nitrogen and oxygen atoms in total. The first-order chi connectivity index (χ1) is 6.19. The maximum atomic E-state index is 5.52. The van der Waals surface area contributed by atoms with E-state index in [2.05, 4.69) is 24.3 Å². The molecule has 0 radical (unpaired) electrons. The molecule has 1 N–H and O–H groups in total. The molecule has 0 spiro atoms. The zero-order chi connectivity index (χ0) is 9.84. The SMILES string of the molecule is CNN1CCC(C(C)C)C(OC)C1. The van der Waals surface area contributed by atoms with E-state index < -0.39 is 0 Å². The summed E-state index contributed by atoms with van der Waals surface area (Å²) in [5, 5.41) is 2.23. The largest absolute Gasteiger partial charge is 0.380 e. The minimum atomic E-state index is 0.390. The molecular formula is C10H22N2O. The second-order valence-electron chi connectivity index (χ2n) is 4.14. The van der Waals surface area contributed by atoms with Crippen molar-refractivity contribution in [3.8, 4) is 0 Å². The van der Waals surface area contributed by atoms with Crippen LogP contribution in [0.4, 0.5) is 0 Å². The quantitative estimate of drug-likeness (QED) is 0.714. The molecule has 1 saturated heterocycles. The summed E-state index contributed by atoms with van der Waals surface area (Å²) >= 11 is 0. The second-order valence-corrected chi connectivity index (χ2v) is 4.14. The molecule has 0 saturated carbocycles. The van der Waals surface area contributed by atoms with Crippen molar-refractivity contribution < 1.29 is 4.74 Å². The Kier molecular flexibility index (Phi) is 4.16. The second kappa shape index (κ2) is 4.94. The fraction of sp³-hybridized carbons (Fsp3) is 1.00. The number of nitrogens with one attached hydrogen (secondary N) is 1. The highest BCUT2D eigenvalue weighted by Gasteiger charge is 2.30. The van der Waals surface area contributed by atoms with Crippen LogP contribution in [0.3, 0.4) is 0 Å². The van der Waals surface area contributed by atoms with Crippen LogP contribution in [0.25, 0.3) is 0 Å². The molecule has 13 heavy (non-hydrogen) atoms. The van der Waals surface area contributed by atoms with E-state index in [0.29, 0.717) is 6.10 Å². The normalized spacial score (nSPS) is 31.2. The number of hydrazine groups is 1. The van der Waals surface area contributed by atoms with Gasteiger partial charge in [0.25, 0.3) is 0 Å². The van der Waals surface area contributed by atoms with E-state index >= 15 is 0 Å². The van der Waals surface area contributed by atoms with Gasteiger partial charge in [-0.25, -0.2) is 5.01 Å². The van der Waals surface area contributed by atoms with E-state index in [0.717, 1.165) is 24.9 Å². The lowest BCUT2D eigenvalue weighted by Gasteiger charge is -2.39. The summed E-state index contributed by atoms with van der Waals surface area (Å²) in [6.07, 6.45) is 1.62. The average molecular weight is 186 g/mol. The first-order valence-electron chi connectivity index (χ1n) is 5.14. The van der Waals surface area contributed by atoms with E-state index in [9.17, 15) is 0 Å². The van der Waals surface area contributed by atoms with Crippen molar-refractivity contribution in [2.75, 3.05) is 27.2 Å². The third-order valence-corrected chi connectivity index (χ3v) is 3.09. The number of ether oxygens (including phenoxy) is 1. The van der Waals surface area contributed by atoms with Gasteiger partial charge in [-0.2, -0.15) is 0 Å². The van der Waals surface area contributed by atoms with Gasteiger partial charge in [0, 0.05) is 20.2 Å². The van der Waals surface area contributed by atoms with Gasteiger partial charge in [0.15, 0.2) is 0 Å². The van der Waals surface area contributed by atoms with Crippen LogP contribution >= 0.6 is 0 Å². The van der Waals surface area contributed by atoms with Gasteiger partial charge in [-0.05, 0) is 25.3 Å². The molecule has 0 aliphatic carbocycles. The summed E-state index contributed by atoms with van der Waals surface area (Å²) in [7, 11) is 3.79. The van der Waals surface area contributed by atoms with Crippen LogP contribution in [0.2, 0.25) is 0 Å². The molecule has 0 aromatic rings. The van der Waals surface area contributed by atoms with Crippen molar-refractivity contribution >= 4 is 0 Å². The van der Waals surface area contributed by atoms with Gasteiger partial charge in [0.05, 0.1) is 6.10 Å². The van der Waals surface area contributed by atoms with E-state index in [1.165, 1.54) is 6.42 Å². The van der Waals surface area contributed by atoms with Gasteiger partial charge >= 0.3 is 0 Å². The highest BCUT2D eigenvalue weighted by molar-refractivity contribution is 4.81. The predicted molar refractivity (Wildman–Crippen MR) is 54.4 cm³/mol. The third kappa shape index (κ3) is 2.66. The Balaban J connectivity index is 2.50. The zero-order valence-corrected chi connectivity index (χ0v) is 9.21. The number of rotatable bonds is 3. The zero-order valence-electron chi connectivity index (χ0n) is 9.21. The molecule has 1 rings (SSSR count). The molecule has 0 aromatic heterocycles. The maximum absolute atomic E-state index is 5.52. The lowest BCUT2D eigenvalue weighted by atomic mass is 9.85. The molecule has 0 bridgehead atoms. The van der Waals surface area contributed by atoms with Gasteiger partial charge < -0.3 is 4.74 Å². The number of methoxy groups -OCH3 is 1. The molecule has 78 valence electrons. The third-order valence-electron chi connectivity index (χ3n) is 3.09. The average Bonchev–Trinajstić information content (AvgIpc) is 2.16. The Hall–Kier alpha value is -0.120. The summed E-state index contributed by atoms with van der Waals surface area (Å²) in [6.45, 7) is 6.71. The standard InChI is InChI=1S/C10H22N2O/c1-8(2)9-5-6-12(11-3)7-10(9)13-4/h8-11H,5-7H2,1-4H3. The molecule has 1 aliphatic rings. The molecule has 1 aliphatic heterocycles. The Labute approximate surface area is 81.4 Å². The number of hydrogen-bond acceptors (Lipinski definition) is 3. The summed E-state index contributed by atoms with van der Waals surface area (Å²) in [6, 6.07) is 0. The predicted octanol–water partition coefficient (Wildman–Crippen LogP) is 1.11. The van der Waals surface area contributed by atoms with Crippen molar-refractivity contribution in [3.05, 3.63) is 0 Å². The van der Waals surface area contributed by atoms with Crippen molar-refractivity contribution in [1.29, 1.82) is 0 Å². The van der Waals surface area contributed by atoms with E-state index in [1.54, 1.807) is 0 Å². The van der Waals surface area contributed by atoms with Gasteiger partial charge in [0.1, 0.15) is 0 Å². The number of nitrogens with zero attached hydrogens (tertiary/aromatic N) is 1. The Bertz CT molecular complexity index is 150. The van der Waals surface area contributed by atoms with Crippen molar-refractivity contribution in [2.24, 2.45) is 11.8 Å². The van der Waals surface area contributed by atoms with Crippen molar-refractivity contribution in [1.82, 2.24) is 10.4 Å². The molecule has 1 heterocycles. The first-order valence-corrected chi connectivity index (χ1v) is 5.14. The Morgan fingerprint density at radius 1 is 1.46 bits per heavy atom. The van der Waals surface area contributed by atoms with E-state index in [4.69, 9.17) is 4.74 Å². The monoisotopic (exact) mass is 186 g/mol. The lowest BCUT2D eigenvalue weighted by Crippen LogP contribution is -2.50.